The fourth-order valence-corrected chi connectivity index (χ4v) is 2.06. The van der Waals surface area contributed by atoms with Crippen molar-refractivity contribution in [3.8, 4) is 11.6 Å². The second-order valence-electron chi connectivity index (χ2n) is 5.49. The minimum absolute atomic E-state index is 0.00937. The highest BCUT2D eigenvalue weighted by atomic mass is 16.5. The molecule has 0 fully saturated rings. The summed E-state index contributed by atoms with van der Waals surface area (Å²) in [6.07, 6.45) is 2.90. The molecule has 122 valence electrons. The molecule has 5 nitrogen and oxygen atoms in total. The van der Waals surface area contributed by atoms with Crippen LogP contribution in [0.2, 0.25) is 0 Å². The summed E-state index contributed by atoms with van der Waals surface area (Å²) < 4.78 is 5.72. The van der Waals surface area contributed by atoms with Crippen LogP contribution in [0.3, 0.4) is 0 Å². The van der Waals surface area contributed by atoms with E-state index in [0.29, 0.717) is 18.0 Å². The Hall–Kier alpha value is -2.40. The van der Waals surface area contributed by atoms with Crippen LogP contribution in [0.15, 0.2) is 36.5 Å². The lowest BCUT2D eigenvalue weighted by Crippen LogP contribution is -2.15. The molecule has 0 aliphatic carbocycles. The van der Waals surface area contributed by atoms with Gasteiger partial charge in [-0.25, -0.2) is 4.98 Å². The second kappa shape index (κ2) is 8.29. The lowest BCUT2D eigenvalue weighted by Gasteiger charge is -2.08. The molecule has 23 heavy (non-hydrogen) atoms. The average molecular weight is 313 g/mol. The fourth-order valence-electron chi connectivity index (χ4n) is 2.06. The summed E-state index contributed by atoms with van der Waals surface area (Å²) in [5.41, 5.74) is 3.07. The third-order valence-electron chi connectivity index (χ3n) is 3.55. The molecule has 0 unspecified atom stereocenters. The number of hydrogen-bond acceptors (Lipinski definition) is 4. The van der Waals surface area contributed by atoms with E-state index in [4.69, 9.17) is 4.74 Å². The van der Waals surface area contributed by atoms with Gasteiger partial charge in [0.15, 0.2) is 0 Å². The SMILES string of the molecule is CNCCCC(=O)Nc1ccc(Oc2ccc(C)c(C)c2)nc1. The minimum atomic E-state index is -0.00937. The second-order valence-corrected chi connectivity index (χ2v) is 5.49. The number of nitrogens with zero attached hydrogens (tertiary/aromatic N) is 1. The number of nitrogens with one attached hydrogen (secondary N) is 2. The van der Waals surface area contributed by atoms with E-state index in [0.717, 1.165) is 18.7 Å². The van der Waals surface area contributed by atoms with Crippen LogP contribution in [0, 0.1) is 13.8 Å². The van der Waals surface area contributed by atoms with Crippen molar-refractivity contribution in [2.24, 2.45) is 0 Å². The van der Waals surface area contributed by atoms with E-state index in [2.05, 4.69) is 22.5 Å². The van der Waals surface area contributed by atoms with E-state index in [9.17, 15) is 4.79 Å². The predicted molar refractivity (Wildman–Crippen MR) is 92.0 cm³/mol. The lowest BCUT2D eigenvalue weighted by atomic mass is 10.1. The van der Waals surface area contributed by atoms with Crippen molar-refractivity contribution in [3.63, 3.8) is 0 Å². The number of anilines is 1. The van der Waals surface area contributed by atoms with Crippen molar-refractivity contribution in [2.45, 2.75) is 26.7 Å². The van der Waals surface area contributed by atoms with Crippen LogP contribution in [0.1, 0.15) is 24.0 Å². The standard InChI is InChI=1S/C18H23N3O2/c1-13-6-8-16(11-14(13)2)23-18-9-7-15(12-20-18)21-17(22)5-4-10-19-3/h6-9,11-12,19H,4-5,10H2,1-3H3,(H,21,22). The fraction of sp³-hybridized carbons (Fsp3) is 0.333. The summed E-state index contributed by atoms with van der Waals surface area (Å²) in [7, 11) is 1.87. The minimum Gasteiger partial charge on any atom is -0.439 e. The van der Waals surface area contributed by atoms with Gasteiger partial charge in [0.2, 0.25) is 11.8 Å². The Bertz CT molecular complexity index is 654. The van der Waals surface area contributed by atoms with Crippen molar-refractivity contribution in [1.29, 1.82) is 0 Å². The Morgan fingerprint density at radius 2 is 2.00 bits per heavy atom. The maximum atomic E-state index is 11.7. The number of carbonyl (C=O) groups is 1. The molecule has 1 amide bonds. The molecule has 1 aromatic carbocycles. The molecule has 0 saturated carbocycles. The van der Waals surface area contributed by atoms with Crippen molar-refractivity contribution in [1.82, 2.24) is 10.3 Å². The highest BCUT2D eigenvalue weighted by Gasteiger charge is 2.04. The first kappa shape index (κ1) is 17.0. The van der Waals surface area contributed by atoms with Crippen LogP contribution in [0.5, 0.6) is 11.6 Å². The number of rotatable bonds is 7. The van der Waals surface area contributed by atoms with Gasteiger partial charge in [0.25, 0.3) is 0 Å². The van der Waals surface area contributed by atoms with Gasteiger partial charge in [-0.2, -0.15) is 0 Å². The van der Waals surface area contributed by atoms with Gasteiger partial charge in [0.05, 0.1) is 11.9 Å². The molecule has 2 N–H and O–H groups in total. The first-order valence-corrected chi connectivity index (χ1v) is 7.74. The Morgan fingerprint density at radius 3 is 2.65 bits per heavy atom. The molecule has 0 aliphatic heterocycles. The van der Waals surface area contributed by atoms with Gasteiger partial charge >= 0.3 is 0 Å². The van der Waals surface area contributed by atoms with E-state index in [1.54, 1.807) is 18.3 Å². The zero-order chi connectivity index (χ0) is 16.7. The van der Waals surface area contributed by atoms with Crippen LogP contribution < -0.4 is 15.4 Å². The van der Waals surface area contributed by atoms with Gasteiger partial charge in [-0.1, -0.05) is 6.07 Å². The Kier molecular flexibility index (Phi) is 6.11. The monoisotopic (exact) mass is 313 g/mol. The molecular formula is C18H23N3O2. The summed E-state index contributed by atoms with van der Waals surface area (Å²) >= 11 is 0. The van der Waals surface area contributed by atoms with Crippen LogP contribution in [0.25, 0.3) is 0 Å². The van der Waals surface area contributed by atoms with E-state index >= 15 is 0 Å². The molecule has 0 spiro atoms. The van der Waals surface area contributed by atoms with Crippen LogP contribution in [-0.4, -0.2) is 24.5 Å². The number of aryl methyl sites for hydroxylation is 2. The molecule has 0 aliphatic rings. The van der Waals surface area contributed by atoms with Gasteiger partial charge in [0.1, 0.15) is 5.75 Å². The maximum Gasteiger partial charge on any atom is 0.224 e. The van der Waals surface area contributed by atoms with Gasteiger partial charge in [-0.3, -0.25) is 4.79 Å². The Morgan fingerprint density at radius 1 is 1.17 bits per heavy atom. The van der Waals surface area contributed by atoms with Crippen molar-refractivity contribution < 1.29 is 9.53 Å². The lowest BCUT2D eigenvalue weighted by molar-refractivity contribution is -0.116. The summed E-state index contributed by atoms with van der Waals surface area (Å²) in [6, 6.07) is 9.46. The van der Waals surface area contributed by atoms with Crippen LogP contribution in [0.4, 0.5) is 5.69 Å². The normalized spacial score (nSPS) is 10.4. The highest BCUT2D eigenvalue weighted by molar-refractivity contribution is 5.90. The number of ether oxygens (including phenoxy) is 1. The smallest absolute Gasteiger partial charge is 0.224 e. The van der Waals surface area contributed by atoms with Gasteiger partial charge < -0.3 is 15.4 Å². The zero-order valence-electron chi connectivity index (χ0n) is 13.8. The molecule has 1 aromatic heterocycles. The zero-order valence-corrected chi connectivity index (χ0v) is 13.8. The summed E-state index contributed by atoms with van der Waals surface area (Å²) in [5, 5.41) is 5.84. The summed E-state index contributed by atoms with van der Waals surface area (Å²) in [4.78, 5) is 16.0. The number of aromatic nitrogens is 1. The molecule has 1 heterocycles. The molecule has 0 saturated heterocycles. The van der Waals surface area contributed by atoms with Crippen LogP contribution >= 0.6 is 0 Å². The van der Waals surface area contributed by atoms with Crippen molar-refractivity contribution >= 4 is 11.6 Å². The van der Waals surface area contributed by atoms with Crippen LogP contribution in [-0.2, 0) is 4.79 Å². The summed E-state index contributed by atoms with van der Waals surface area (Å²) in [6.45, 7) is 4.93. The number of pyridine rings is 1. The van der Waals surface area contributed by atoms with Crippen molar-refractivity contribution in [2.75, 3.05) is 18.9 Å². The topological polar surface area (TPSA) is 63.2 Å². The van der Waals surface area contributed by atoms with Crippen molar-refractivity contribution in [3.05, 3.63) is 47.7 Å². The number of hydrogen-bond donors (Lipinski definition) is 2. The van der Waals surface area contributed by atoms with Gasteiger partial charge in [-0.15, -0.1) is 0 Å². The Balaban J connectivity index is 1.91. The molecule has 2 aromatic rings. The van der Waals surface area contributed by atoms with E-state index in [1.165, 1.54) is 11.1 Å². The first-order valence-electron chi connectivity index (χ1n) is 7.74. The third kappa shape index (κ3) is 5.38. The molecule has 5 heteroatoms. The Labute approximate surface area is 137 Å². The molecule has 0 bridgehead atoms. The first-order chi connectivity index (χ1) is 11.1. The van der Waals surface area contributed by atoms with E-state index in [-0.39, 0.29) is 5.91 Å². The molecule has 0 radical (unpaired) electrons. The highest BCUT2D eigenvalue weighted by Crippen LogP contribution is 2.22. The average Bonchev–Trinajstić information content (AvgIpc) is 2.53. The predicted octanol–water partition coefficient (Wildman–Crippen LogP) is 3.43. The number of benzene rings is 1. The molecular weight excluding hydrogens is 290 g/mol. The summed E-state index contributed by atoms with van der Waals surface area (Å²) in [5.74, 6) is 1.25. The largest absolute Gasteiger partial charge is 0.439 e. The van der Waals surface area contributed by atoms with Gasteiger partial charge in [0, 0.05) is 12.5 Å². The van der Waals surface area contributed by atoms with E-state index in [1.807, 2.05) is 32.2 Å². The maximum absolute atomic E-state index is 11.7. The third-order valence-corrected chi connectivity index (χ3v) is 3.55. The number of carbonyl (C=O) groups excluding carboxylic acids is 1. The van der Waals surface area contributed by atoms with E-state index < -0.39 is 0 Å². The molecule has 2 rings (SSSR count). The number of amides is 1. The molecule has 0 atom stereocenters. The van der Waals surface area contributed by atoms with Gasteiger partial charge in [-0.05, 0) is 63.2 Å². The quantitative estimate of drug-likeness (QED) is 0.769.